The molecule has 4 saturated heterocycles. The van der Waals surface area contributed by atoms with Gasteiger partial charge in [0.15, 0.2) is 13.9 Å². The summed E-state index contributed by atoms with van der Waals surface area (Å²) in [7, 11) is -1.43. The van der Waals surface area contributed by atoms with Crippen molar-refractivity contribution in [1.29, 1.82) is 0 Å². The average Bonchev–Trinajstić information content (AvgIpc) is 3.91. The molecule has 3 aromatic rings. The minimum atomic E-state index is -3.01. The summed E-state index contributed by atoms with van der Waals surface area (Å²) in [5, 5.41) is 13.4. The van der Waals surface area contributed by atoms with Gasteiger partial charge < -0.3 is 39.4 Å². The van der Waals surface area contributed by atoms with Gasteiger partial charge in [0.1, 0.15) is 11.3 Å². The van der Waals surface area contributed by atoms with Gasteiger partial charge in [-0.2, -0.15) is 0 Å². The highest BCUT2D eigenvalue weighted by Crippen LogP contribution is 2.60. The minimum absolute atomic E-state index is 0.0142. The maximum atomic E-state index is 15.1. The van der Waals surface area contributed by atoms with Crippen molar-refractivity contribution < 1.29 is 33.8 Å². The third kappa shape index (κ3) is 6.15. The van der Waals surface area contributed by atoms with E-state index in [4.69, 9.17) is 9.47 Å². The van der Waals surface area contributed by atoms with E-state index in [0.717, 1.165) is 42.9 Å². The van der Waals surface area contributed by atoms with Crippen LogP contribution in [0, 0.1) is 5.92 Å². The number of ether oxygens (including phenoxy) is 2. The Bertz CT molecular complexity index is 1950. The van der Waals surface area contributed by atoms with E-state index in [9.17, 15) is 19.5 Å². The zero-order valence-electron chi connectivity index (χ0n) is 32.2. The van der Waals surface area contributed by atoms with E-state index in [1.54, 1.807) is 16.9 Å². The predicted octanol–water partition coefficient (Wildman–Crippen LogP) is 4.35. The molecule has 0 aliphatic carbocycles. The van der Waals surface area contributed by atoms with E-state index in [2.05, 4.69) is 22.3 Å². The highest BCUT2D eigenvalue weighted by Gasteiger charge is 2.66. The Balaban J connectivity index is 1.12. The van der Waals surface area contributed by atoms with E-state index in [-0.39, 0.29) is 43.3 Å². The summed E-state index contributed by atoms with van der Waals surface area (Å²) in [5.41, 5.74) is 1.48. The molecule has 3 aromatic carbocycles. The minimum Gasteiger partial charge on any atom is -0.497 e. The lowest BCUT2D eigenvalue weighted by Gasteiger charge is -2.39. The van der Waals surface area contributed by atoms with Gasteiger partial charge in [0.2, 0.25) is 5.91 Å². The lowest BCUT2D eigenvalue weighted by Crippen LogP contribution is -2.55. The molecule has 13 heteroatoms. The number of benzene rings is 3. The van der Waals surface area contributed by atoms with Gasteiger partial charge in [-0.25, -0.2) is 0 Å². The first kappa shape index (κ1) is 37.6. The topological polar surface area (TPSA) is 135 Å². The summed E-state index contributed by atoms with van der Waals surface area (Å²) < 4.78 is 12.6. The number of carbonyl (C=O) groups excluding carboxylic acids is 3. The molecule has 5 aliphatic rings. The number of anilines is 3. The first-order valence-corrected chi connectivity index (χ1v) is 22.7. The molecule has 4 fully saturated rings. The van der Waals surface area contributed by atoms with Gasteiger partial charge in [-0.05, 0) is 99.9 Å². The number of para-hydroxylation sites is 1. The number of rotatable bonds is 9. The molecule has 12 nitrogen and oxygen atoms in total. The second-order valence-corrected chi connectivity index (χ2v) is 20.5. The molecule has 5 aliphatic heterocycles. The summed E-state index contributed by atoms with van der Waals surface area (Å²) in [5.74, 6) is -0.174. The Morgan fingerprint density at radius 3 is 2.45 bits per heavy atom. The summed E-state index contributed by atoms with van der Waals surface area (Å²) >= 11 is 0. The van der Waals surface area contributed by atoms with Crippen molar-refractivity contribution in [3.05, 3.63) is 83.9 Å². The summed E-state index contributed by atoms with van der Waals surface area (Å²) in [4.78, 5) is 62.7. The molecule has 0 radical (unpaired) electrons. The van der Waals surface area contributed by atoms with Crippen LogP contribution in [-0.2, 0) is 31.3 Å². The lowest BCUT2D eigenvalue weighted by molar-refractivity contribution is -0.150. The summed E-state index contributed by atoms with van der Waals surface area (Å²) in [6.45, 7) is 8.31. The fourth-order valence-corrected chi connectivity index (χ4v) is 12.9. The van der Waals surface area contributed by atoms with Gasteiger partial charge in [0, 0.05) is 34.9 Å². The number of carbonyl (C=O) groups is 3. The standard InChI is InChI=1S/C42H53N5O7Si/c1-28-38(55(3,4)52)36(24-37(49)44-21-9-14-32(44)26-48)54-42(28)34-23-33(53-2)15-16-35(34)45(40(42)51)25-29-10-8-13-31(22-29)46-27-47(30-11-6-5-7-12-30)41(39(46)50)17-19-43-20-18-41/h5-8,10-13,15-16,22-23,28,32,36,38,43,48,52H,9,14,17-21,24-27H2,1-4H3/t28-,32+,36+,38-,42+/m1/s1. The van der Waals surface area contributed by atoms with Crippen molar-refractivity contribution in [2.75, 3.05) is 54.7 Å². The number of nitrogens with zero attached hydrogens (tertiary/aromatic N) is 4. The van der Waals surface area contributed by atoms with Crippen molar-refractivity contribution in [3.8, 4) is 5.75 Å². The van der Waals surface area contributed by atoms with E-state index in [0.29, 0.717) is 43.1 Å². The van der Waals surface area contributed by atoms with Crippen LogP contribution in [0.2, 0.25) is 18.6 Å². The van der Waals surface area contributed by atoms with E-state index in [1.807, 2.05) is 85.6 Å². The number of aliphatic hydroxyl groups is 1. The molecule has 5 atom stereocenters. The molecule has 3 amide bonds. The van der Waals surface area contributed by atoms with Crippen LogP contribution in [0.15, 0.2) is 72.8 Å². The smallest absolute Gasteiger partial charge is 0.264 e. The summed E-state index contributed by atoms with van der Waals surface area (Å²) in [6.07, 6.45) is 2.30. The molecular weight excluding hydrogens is 715 g/mol. The second-order valence-electron chi connectivity index (χ2n) is 16.5. The van der Waals surface area contributed by atoms with Gasteiger partial charge in [0.25, 0.3) is 11.8 Å². The van der Waals surface area contributed by atoms with Crippen LogP contribution in [0.4, 0.5) is 17.1 Å². The zero-order chi connectivity index (χ0) is 38.7. The number of methoxy groups -OCH3 is 1. The van der Waals surface area contributed by atoms with Gasteiger partial charge in [-0.1, -0.05) is 37.3 Å². The monoisotopic (exact) mass is 767 g/mol. The first-order chi connectivity index (χ1) is 26.4. The number of fused-ring (bicyclic) bond motifs is 2. The second kappa shape index (κ2) is 14.3. The normalized spacial score (nSPS) is 27.5. The molecule has 2 spiro atoms. The number of hydrogen-bond acceptors (Lipinski definition) is 9. The zero-order valence-corrected chi connectivity index (χ0v) is 33.2. The molecule has 8 rings (SSSR count). The van der Waals surface area contributed by atoms with Crippen LogP contribution in [0.1, 0.15) is 50.2 Å². The van der Waals surface area contributed by atoms with Crippen LogP contribution in [-0.4, -0.2) is 98.5 Å². The molecular formula is C42H53N5O7Si. The van der Waals surface area contributed by atoms with Crippen LogP contribution < -0.4 is 24.8 Å². The molecule has 5 heterocycles. The van der Waals surface area contributed by atoms with Crippen LogP contribution >= 0.6 is 0 Å². The number of aliphatic hydroxyl groups excluding tert-OH is 1. The fourth-order valence-electron chi connectivity index (χ4n) is 10.4. The Labute approximate surface area is 324 Å². The van der Waals surface area contributed by atoms with E-state index < -0.39 is 37.0 Å². The maximum absolute atomic E-state index is 15.1. The third-order valence-corrected chi connectivity index (χ3v) is 15.5. The number of nitrogens with one attached hydrogen (secondary N) is 1. The van der Waals surface area contributed by atoms with Gasteiger partial charge in [-0.3, -0.25) is 19.3 Å². The Hall–Kier alpha value is -4.27. The van der Waals surface area contributed by atoms with Crippen molar-refractivity contribution in [3.63, 3.8) is 0 Å². The SMILES string of the molecule is COc1ccc2c(c1)[C@]1(O[C@@H](CC(=O)N3CCC[C@H]3CO)[C@H]([Si](C)(C)O)[C@H]1C)C(=O)N2Cc1cccc(N2CN(c3ccccc3)C3(CCNCC3)C2=O)c1. The predicted molar refractivity (Wildman–Crippen MR) is 212 cm³/mol. The van der Waals surface area contributed by atoms with Crippen LogP contribution in [0.25, 0.3) is 0 Å². The summed E-state index contributed by atoms with van der Waals surface area (Å²) in [6, 6.07) is 23.3. The van der Waals surface area contributed by atoms with Crippen LogP contribution in [0.3, 0.4) is 0 Å². The Kier molecular flexibility index (Phi) is 9.82. The van der Waals surface area contributed by atoms with Crippen molar-refractivity contribution in [1.82, 2.24) is 10.2 Å². The Morgan fingerprint density at radius 1 is 1.00 bits per heavy atom. The number of hydrogen-bond donors (Lipinski definition) is 3. The molecule has 0 unspecified atom stereocenters. The number of amides is 3. The quantitative estimate of drug-likeness (QED) is 0.272. The Morgan fingerprint density at radius 2 is 1.75 bits per heavy atom. The number of piperidine rings is 1. The van der Waals surface area contributed by atoms with Gasteiger partial charge in [0.05, 0.1) is 51.2 Å². The van der Waals surface area contributed by atoms with Crippen molar-refractivity contribution in [2.45, 2.75) is 87.5 Å². The van der Waals surface area contributed by atoms with Crippen LogP contribution in [0.5, 0.6) is 5.75 Å². The first-order valence-electron chi connectivity index (χ1n) is 19.7. The molecule has 3 N–H and O–H groups in total. The van der Waals surface area contributed by atoms with Gasteiger partial charge >= 0.3 is 0 Å². The highest BCUT2D eigenvalue weighted by molar-refractivity contribution is 6.71. The highest BCUT2D eigenvalue weighted by atomic mass is 28.4. The van der Waals surface area contributed by atoms with Gasteiger partial charge in [-0.15, -0.1) is 0 Å². The molecule has 0 saturated carbocycles. The molecule has 55 heavy (non-hydrogen) atoms. The fraction of sp³-hybridized carbons (Fsp3) is 0.500. The molecule has 0 bridgehead atoms. The van der Waals surface area contributed by atoms with Crippen molar-refractivity contribution >= 4 is 43.1 Å². The maximum Gasteiger partial charge on any atom is 0.264 e. The lowest BCUT2D eigenvalue weighted by atomic mass is 9.82. The average molecular weight is 768 g/mol. The molecule has 0 aromatic heterocycles. The van der Waals surface area contributed by atoms with Crippen molar-refractivity contribution in [2.24, 2.45) is 5.92 Å². The van der Waals surface area contributed by atoms with E-state index >= 15 is 4.79 Å². The number of likely N-dealkylation sites (tertiary alicyclic amines) is 1. The third-order valence-electron chi connectivity index (χ3n) is 13.0. The van der Waals surface area contributed by atoms with E-state index in [1.165, 1.54) is 0 Å². The molecule has 292 valence electrons. The largest absolute Gasteiger partial charge is 0.497 e.